The van der Waals surface area contributed by atoms with Crippen molar-refractivity contribution >= 4 is 15.9 Å². The fourth-order valence-electron chi connectivity index (χ4n) is 1.56. The molecule has 0 saturated carbocycles. The molecule has 1 N–H and O–H groups in total. The number of hydrogen-bond donors (Lipinski definition) is 1. The van der Waals surface area contributed by atoms with E-state index < -0.39 is 0 Å². The van der Waals surface area contributed by atoms with Gasteiger partial charge in [0.2, 0.25) is 0 Å². The molecule has 0 aromatic carbocycles. The van der Waals surface area contributed by atoms with Crippen molar-refractivity contribution in [3.63, 3.8) is 0 Å². The molecule has 0 bridgehead atoms. The second-order valence-corrected chi connectivity index (χ2v) is 4.64. The maximum absolute atomic E-state index is 4.36. The van der Waals surface area contributed by atoms with Crippen molar-refractivity contribution in [1.29, 1.82) is 0 Å². The van der Waals surface area contributed by atoms with E-state index in [1.54, 1.807) is 0 Å². The molecule has 0 aliphatic heterocycles. The van der Waals surface area contributed by atoms with Crippen LogP contribution in [0.1, 0.15) is 18.4 Å². The predicted molar refractivity (Wildman–Crippen MR) is 70.6 cm³/mol. The Morgan fingerprint density at radius 2 is 2.24 bits per heavy atom. The standard InChI is InChI=1S/C12H15BrN4/c1-2-14-8-12-15-5-6-17(12)9-11-4-3-10(13)7-16-11/h3-7,14H,2,8-9H2,1H3. The minimum atomic E-state index is 0.758. The molecule has 0 atom stereocenters. The summed E-state index contributed by atoms with van der Waals surface area (Å²) < 4.78 is 3.11. The van der Waals surface area contributed by atoms with E-state index in [0.29, 0.717) is 0 Å². The zero-order valence-corrected chi connectivity index (χ0v) is 11.3. The molecule has 90 valence electrons. The van der Waals surface area contributed by atoms with Crippen LogP contribution < -0.4 is 5.32 Å². The lowest BCUT2D eigenvalue weighted by molar-refractivity contribution is 0.634. The van der Waals surface area contributed by atoms with Crippen molar-refractivity contribution in [3.8, 4) is 0 Å². The van der Waals surface area contributed by atoms with E-state index >= 15 is 0 Å². The summed E-state index contributed by atoms with van der Waals surface area (Å²) in [5.41, 5.74) is 1.03. The second kappa shape index (κ2) is 5.93. The first-order chi connectivity index (χ1) is 8.29. The summed E-state index contributed by atoms with van der Waals surface area (Å²) in [4.78, 5) is 8.69. The molecule has 17 heavy (non-hydrogen) atoms. The van der Waals surface area contributed by atoms with Crippen LogP contribution in [0, 0.1) is 0 Å². The van der Waals surface area contributed by atoms with Crippen LogP contribution in [0.3, 0.4) is 0 Å². The predicted octanol–water partition coefficient (Wildman–Crippen LogP) is 2.20. The van der Waals surface area contributed by atoms with Gasteiger partial charge in [-0.3, -0.25) is 4.98 Å². The van der Waals surface area contributed by atoms with E-state index in [0.717, 1.165) is 35.6 Å². The van der Waals surface area contributed by atoms with Crippen molar-refractivity contribution in [2.45, 2.75) is 20.0 Å². The quantitative estimate of drug-likeness (QED) is 0.919. The summed E-state index contributed by atoms with van der Waals surface area (Å²) in [5, 5.41) is 3.27. The van der Waals surface area contributed by atoms with E-state index in [1.807, 2.05) is 30.7 Å². The van der Waals surface area contributed by atoms with Crippen molar-refractivity contribution in [2.24, 2.45) is 0 Å². The Labute approximate surface area is 109 Å². The van der Waals surface area contributed by atoms with Gasteiger partial charge in [0.1, 0.15) is 5.82 Å². The number of pyridine rings is 1. The number of imidazole rings is 1. The lowest BCUT2D eigenvalue weighted by Gasteiger charge is -2.07. The van der Waals surface area contributed by atoms with E-state index in [-0.39, 0.29) is 0 Å². The Kier molecular flexibility index (Phi) is 4.28. The summed E-state index contributed by atoms with van der Waals surface area (Å²) in [5.74, 6) is 1.04. The third-order valence-electron chi connectivity index (χ3n) is 2.46. The third-order valence-corrected chi connectivity index (χ3v) is 2.92. The molecule has 0 aliphatic rings. The first-order valence-corrected chi connectivity index (χ1v) is 6.40. The highest BCUT2D eigenvalue weighted by Gasteiger charge is 2.03. The molecule has 0 amide bonds. The van der Waals surface area contributed by atoms with Crippen LogP contribution >= 0.6 is 15.9 Å². The molecule has 2 aromatic heterocycles. The van der Waals surface area contributed by atoms with Gasteiger partial charge in [0.05, 0.1) is 18.8 Å². The molecule has 0 spiro atoms. The van der Waals surface area contributed by atoms with Gasteiger partial charge in [0.15, 0.2) is 0 Å². The largest absolute Gasteiger partial charge is 0.328 e. The topological polar surface area (TPSA) is 42.7 Å². The van der Waals surface area contributed by atoms with E-state index in [2.05, 4.69) is 42.7 Å². The van der Waals surface area contributed by atoms with E-state index in [9.17, 15) is 0 Å². The van der Waals surface area contributed by atoms with E-state index in [4.69, 9.17) is 0 Å². The number of rotatable bonds is 5. The summed E-state index contributed by atoms with van der Waals surface area (Å²) in [6, 6.07) is 4.02. The number of halogens is 1. The number of nitrogens with zero attached hydrogens (tertiary/aromatic N) is 3. The minimum Gasteiger partial charge on any atom is -0.328 e. The van der Waals surface area contributed by atoms with Crippen LogP contribution in [-0.2, 0) is 13.1 Å². The molecule has 5 heteroatoms. The zero-order valence-electron chi connectivity index (χ0n) is 9.73. The lowest BCUT2D eigenvalue weighted by atomic mass is 10.3. The van der Waals surface area contributed by atoms with Crippen molar-refractivity contribution in [2.75, 3.05) is 6.54 Å². The van der Waals surface area contributed by atoms with Crippen LogP contribution in [0.15, 0.2) is 35.2 Å². The molecule has 0 saturated heterocycles. The van der Waals surface area contributed by atoms with Gasteiger partial charge >= 0.3 is 0 Å². The summed E-state index contributed by atoms with van der Waals surface area (Å²) in [6.07, 6.45) is 5.62. The molecule has 0 fully saturated rings. The minimum absolute atomic E-state index is 0.758. The average Bonchev–Trinajstić information content (AvgIpc) is 2.77. The molecular formula is C12H15BrN4. The summed E-state index contributed by atoms with van der Waals surface area (Å²) in [6.45, 7) is 4.58. The van der Waals surface area contributed by atoms with E-state index in [1.165, 1.54) is 0 Å². The fourth-order valence-corrected chi connectivity index (χ4v) is 1.80. The number of aromatic nitrogens is 3. The first kappa shape index (κ1) is 12.3. The second-order valence-electron chi connectivity index (χ2n) is 3.72. The monoisotopic (exact) mass is 294 g/mol. The fraction of sp³-hybridized carbons (Fsp3) is 0.333. The van der Waals surface area contributed by atoms with Crippen molar-refractivity contribution < 1.29 is 0 Å². The zero-order chi connectivity index (χ0) is 12.1. The highest BCUT2D eigenvalue weighted by atomic mass is 79.9. The maximum atomic E-state index is 4.36. The van der Waals surface area contributed by atoms with Crippen LogP contribution in [0.2, 0.25) is 0 Å². The van der Waals surface area contributed by atoms with Crippen molar-refractivity contribution in [1.82, 2.24) is 19.9 Å². The molecule has 2 aromatic rings. The summed E-state index contributed by atoms with van der Waals surface area (Å²) in [7, 11) is 0. The Hall–Kier alpha value is -1.20. The van der Waals surface area contributed by atoms with Crippen molar-refractivity contribution in [3.05, 3.63) is 46.7 Å². The Morgan fingerprint density at radius 1 is 1.35 bits per heavy atom. The average molecular weight is 295 g/mol. The normalized spacial score (nSPS) is 10.7. The Morgan fingerprint density at radius 3 is 2.94 bits per heavy atom. The van der Waals surface area contributed by atoms with Gasteiger partial charge in [-0.2, -0.15) is 0 Å². The smallest absolute Gasteiger partial charge is 0.123 e. The SMILES string of the molecule is CCNCc1nccn1Cc1ccc(Br)cn1. The molecule has 0 aliphatic carbocycles. The van der Waals surface area contributed by atoms with Gasteiger partial charge < -0.3 is 9.88 Å². The maximum Gasteiger partial charge on any atom is 0.123 e. The van der Waals surface area contributed by atoms with Crippen LogP contribution in [0.5, 0.6) is 0 Å². The highest BCUT2D eigenvalue weighted by molar-refractivity contribution is 9.10. The third kappa shape index (κ3) is 3.38. The highest BCUT2D eigenvalue weighted by Crippen LogP contribution is 2.09. The molecule has 4 nitrogen and oxygen atoms in total. The Balaban J connectivity index is 2.07. The number of hydrogen-bond acceptors (Lipinski definition) is 3. The van der Waals surface area contributed by atoms with Crippen LogP contribution in [0.4, 0.5) is 0 Å². The van der Waals surface area contributed by atoms with Gasteiger partial charge in [-0.15, -0.1) is 0 Å². The van der Waals surface area contributed by atoms with Crippen LogP contribution in [-0.4, -0.2) is 21.1 Å². The molecule has 0 unspecified atom stereocenters. The molecule has 2 heterocycles. The first-order valence-electron chi connectivity index (χ1n) is 5.60. The van der Waals surface area contributed by atoms with Gasteiger partial charge in [0, 0.05) is 23.1 Å². The Bertz CT molecular complexity index is 464. The summed E-state index contributed by atoms with van der Waals surface area (Å²) >= 11 is 3.38. The van der Waals surface area contributed by atoms with Gasteiger partial charge in [-0.1, -0.05) is 6.92 Å². The van der Waals surface area contributed by atoms with Crippen LogP contribution in [0.25, 0.3) is 0 Å². The van der Waals surface area contributed by atoms with Gasteiger partial charge in [0.25, 0.3) is 0 Å². The van der Waals surface area contributed by atoms with Gasteiger partial charge in [-0.05, 0) is 34.6 Å². The number of nitrogens with one attached hydrogen (secondary N) is 1. The lowest BCUT2D eigenvalue weighted by Crippen LogP contribution is -2.16. The molecular weight excluding hydrogens is 280 g/mol. The molecule has 0 radical (unpaired) electrons. The molecule has 2 rings (SSSR count). The van der Waals surface area contributed by atoms with Gasteiger partial charge in [-0.25, -0.2) is 4.98 Å².